The first-order chi connectivity index (χ1) is 12.3. The summed E-state index contributed by atoms with van der Waals surface area (Å²) in [7, 11) is 0. The molecule has 0 aliphatic rings. The first kappa shape index (κ1) is 20.2. The topological polar surface area (TPSA) is 64.0 Å². The highest BCUT2D eigenvalue weighted by molar-refractivity contribution is 6.30. The Labute approximate surface area is 159 Å². The molecule has 0 bridgehead atoms. The zero-order valence-corrected chi connectivity index (χ0v) is 16.3. The van der Waals surface area contributed by atoms with Crippen molar-refractivity contribution in [3.63, 3.8) is 0 Å². The summed E-state index contributed by atoms with van der Waals surface area (Å²) in [6, 6.07) is 10.3. The van der Waals surface area contributed by atoms with Gasteiger partial charge in [0.1, 0.15) is 6.54 Å². The molecule has 26 heavy (non-hydrogen) atoms. The van der Waals surface area contributed by atoms with E-state index in [1.807, 2.05) is 19.1 Å². The Morgan fingerprint density at radius 1 is 1.12 bits per heavy atom. The summed E-state index contributed by atoms with van der Waals surface area (Å²) in [6.45, 7) is 6.28. The fourth-order valence-electron chi connectivity index (χ4n) is 2.70. The van der Waals surface area contributed by atoms with Gasteiger partial charge in [-0.3, -0.25) is 9.59 Å². The van der Waals surface area contributed by atoms with E-state index in [0.717, 1.165) is 24.8 Å². The summed E-state index contributed by atoms with van der Waals surface area (Å²) in [5, 5.41) is 7.88. The van der Waals surface area contributed by atoms with E-state index in [0.29, 0.717) is 16.6 Å². The fourth-order valence-corrected chi connectivity index (χ4v) is 2.82. The van der Waals surface area contributed by atoms with Gasteiger partial charge < -0.3 is 5.32 Å². The number of hydrogen-bond acceptors (Lipinski definition) is 3. The summed E-state index contributed by atoms with van der Waals surface area (Å²) in [5.41, 5.74) is 1.16. The third-order valence-corrected chi connectivity index (χ3v) is 4.38. The van der Waals surface area contributed by atoms with Gasteiger partial charge in [0, 0.05) is 22.7 Å². The molecule has 140 valence electrons. The number of benzene rings is 1. The molecular formula is C20H26ClN3O2. The van der Waals surface area contributed by atoms with Crippen LogP contribution in [0.15, 0.2) is 41.2 Å². The Hall–Kier alpha value is -2.14. The number of rotatable bonds is 8. The van der Waals surface area contributed by atoms with Gasteiger partial charge in [-0.2, -0.15) is 5.10 Å². The van der Waals surface area contributed by atoms with E-state index in [4.69, 9.17) is 11.6 Å². The molecule has 0 aliphatic carbocycles. The van der Waals surface area contributed by atoms with Crippen molar-refractivity contribution in [1.29, 1.82) is 0 Å². The average molecular weight is 376 g/mol. The lowest BCUT2D eigenvalue weighted by Crippen LogP contribution is -2.38. The van der Waals surface area contributed by atoms with E-state index in [1.165, 1.54) is 10.7 Å². The molecule has 0 fully saturated rings. The van der Waals surface area contributed by atoms with Crippen molar-refractivity contribution in [3.8, 4) is 11.3 Å². The molecule has 0 saturated carbocycles. The standard InChI is InChI=1S/C20H26ClN3O2/c1-14(2)5-4-6-15(3)22-19(25)13-24-20(26)12-11-18(23-24)16-7-9-17(21)10-8-16/h7-12,14-15H,4-6,13H2,1-3H3,(H,22,25)/t15-/m1/s1. The predicted molar refractivity (Wildman–Crippen MR) is 105 cm³/mol. The monoisotopic (exact) mass is 375 g/mol. The lowest BCUT2D eigenvalue weighted by atomic mass is 10.0. The smallest absolute Gasteiger partial charge is 0.267 e. The van der Waals surface area contributed by atoms with Gasteiger partial charge in [-0.25, -0.2) is 4.68 Å². The van der Waals surface area contributed by atoms with E-state index < -0.39 is 0 Å². The summed E-state index contributed by atoms with van der Waals surface area (Å²) < 4.78 is 1.19. The quantitative estimate of drug-likeness (QED) is 0.761. The van der Waals surface area contributed by atoms with E-state index in [1.54, 1.807) is 18.2 Å². The summed E-state index contributed by atoms with van der Waals surface area (Å²) in [6.07, 6.45) is 3.14. The van der Waals surface area contributed by atoms with Crippen molar-refractivity contribution in [2.75, 3.05) is 0 Å². The first-order valence-electron chi connectivity index (χ1n) is 8.98. The maximum Gasteiger partial charge on any atom is 0.267 e. The van der Waals surface area contributed by atoms with Crippen LogP contribution in [0.25, 0.3) is 11.3 Å². The summed E-state index contributed by atoms with van der Waals surface area (Å²) in [4.78, 5) is 24.3. The molecule has 1 amide bonds. The second kappa shape index (κ2) is 9.53. The molecule has 1 atom stereocenters. The van der Waals surface area contributed by atoms with Crippen LogP contribution < -0.4 is 10.9 Å². The first-order valence-corrected chi connectivity index (χ1v) is 9.36. The van der Waals surface area contributed by atoms with Crippen molar-refractivity contribution < 1.29 is 4.79 Å². The van der Waals surface area contributed by atoms with Crippen molar-refractivity contribution in [2.24, 2.45) is 5.92 Å². The molecule has 1 aromatic heterocycles. The van der Waals surface area contributed by atoms with Gasteiger partial charge in [0.25, 0.3) is 5.56 Å². The van der Waals surface area contributed by atoms with Crippen molar-refractivity contribution in [2.45, 2.75) is 52.6 Å². The minimum atomic E-state index is -0.301. The van der Waals surface area contributed by atoms with Crippen LogP contribution in [0.2, 0.25) is 5.02 Å². The molecule has 6 heteroatoms. The van der Waals surface area contributed by atoms with Crippen LogP contribution in [0.3, 0.4) is 0 Å². The molecule has 2 aromatic rings. The molecule has 5 nitrogen and oxygen atoms in total. The third-order valence-electron chi connectivity index (χ3n) is 4.13. The minimum Gasteiger partial charge on any atom is -0.352 e. The maximum atomic E-state index is 12.2. The van der Waals surface area contributed by atoms with Crippen molar-refractivity contribution >= 4 is 17.5 Å². The number of hydrogen-bond donors (Lipinski definition) is 1. The van der Waals surface area contributed by atoms with Gasteiger partial charge in [0.15, 0.2) is 0 Å². The van der Waals surface area contributed by atoms with E-state index >= 15 is 0 Å². The Balaban J connectivity index is 2.00. The molecule has 0 saturated heterocycles. The number of halogens is 1. The van der Waals surface area contributed by atoms with Crippen LogP contribution in [-0.2, 0) is 11.3 Å². The molecule has 1 aromatic carbocycles. The number of nitrogens with one attached hydrogen (secondary N) is 1. The summed E-state index contributed by atoms with van der Waals surface area (Å²) >= 11 is 5.90. The van der Waals surface area contributed by atoms with Crippen LogP contribution in [0.4, 0.5) is 0 Å². The molecule has 0 spiro atoms. The van der Waals surface area contributed by atoms with E-state index in [-0.39, 0.29) is 24.1 Å². The lowest BCUT2D eigenvalue weighted by molar-refractivity contribution is -0.122. The predicted octanol–water partition coefficient (Wildman–Crippen LogP) is 3.89. The van der Waals surface area contributed by atoms with Crippen LogP contribution in [0.1, 0.15) is 40.0 Å². The largest absolute Gasteiger partial charge is 0.352 e. The van der Waals surface area contributed by atoms with Gasteiger partial charge in [0.05, 0.1) is 5.69 Å². The number of carbonyl (C=O) groups is 1. The highest BCUT2D eigenvalue weighted by Crippen LogP contribution is 2.18. The molecule has 0 aliphatic heterocycles. The molecule has 1 N–H and O–H groups in total. The van der Waals surface area contributed by atoms with E-state index in [9.17, 15) is 9.59 Å². The second-order valence-corrected chi connectivity index (χ2v) is 7.45. The fraction of sp³-hybridized carbons (Fsp3) is 0.450. The molecule has 2 rings (SSSR count). The van der Waals surface area contributed by atoms with Crippen LogP contribution in [0.5, 0.6) is 0 Å². The zero-order chi connectivity index (χ0) is 19.1. The van der Waals surface area contributed by atoms with Crippen molar-refractivity contribution in [1.82, 2.24) is 15.1 Å². The number of aromatic nitrogens is 2. The maximum absolute atomic E-state index is 12.2. The lowest BCUT2D eigenvalue weighted by Gasteiger charge is -2.15. The van der Waals surface area contributed by atoms with Crippen LogP contribution >= 0.6 is 11.6 Å². The summed E-state index contributed by atoms with van der Waals surface area (Å²) in [5.74, 6) is 0.459. The minimum absolute atomic E-state index is 0.0800. The highest BCUT2D eigenvalue weighted by atomic mass is 35.5. The molecule has 0 radical (unpaired) electrons. The van der Waals surface area contributed by atoms with Gasteiger partial charge >= 0.3 is 0 Å². The van der Waals surface area contributed by atoms with Crippen LogP contribution in [-0.4, -0.2) is 21.7 Å². The van der Waals surface area contributed by atoms with Crippen molar-refractivity contribution in [3.05, 3.63) is 51.8 Å². The second-order valence-electron chi connectivity index (χ2n) is 7.01. The number of nitrogens with zero attached hydrogens (tertiary/aromatic N) is 2. The highest BCUT2D eigenvalue weighted by Gasteiger charge is 2.11. The van der Waals surface area contributed by atoms with E-state index in [2.05, 4.69) is 24.3 Å². The van der Waals surface area contributed by atoms with Gasteiger partial charge in [0.2, 0.25) is 5.91 Å². The Kier molecular flexibility index (Phi) is 7.39. The average Bonchev–Trinajstić information content (AvgIpc) is 2.57. The van der Waals surface area contributed by atoms with Gasteiger partial charge in [-0.1, -0.05) is 50.4 Å². The Morgan fingerprint density at radius 3 is 2.46 bits per heavy atom. The van der Waals surface area contributed by atoms with Gasteiger partial charge in [-0.15, -0.1) is 0 Å². The van der Waals surface area contributed by atoms with Crippen LogP contribution in [0, 0.1) is 5.92 Å². The van der Waals surface area contributed by atoms with Gasteiger partial charge in [-0.05, 0) is 37.5 Å². The normalized spacial score (nSPS) is 12.2. The third kappa shape index (κ3) is 6.30. The number of amides is 1. The Bertz CT molecular complexity index is 784. The molecular weight excluding hydrogens is 350 g/mol. The zero-order valence-electron chi connectivity index (χ0n) is 15.5. The SMILES string of the molecule is CC(C)CCC[C@@H](C)NC(=O)Cn1nc(-c2ccc(Cl)cc2)ccc1=O. The number of carbonyl (C=O) groups excluding carboxylic acids is 1. The molecule has 0 unspecified atom stereocenters. The molecule has 1 heterocycles. The Morgan fingerprint density at radius 2 is 1.81 bits per heavy atom.